The number of H-pyrrole nitrogens is 1. The Labute approximate surface area is 153 Å². The van der Waals surface area contributed by atoms with E-state index in [2.05, 4.69) is 4.98 Å². The van der Waals surface area contributed by atoms with Crippen LogP contribution in [0.25, 0.3) is 10.9 Å². The summed E-state index contributed by atoms with van der Waals surface area (Å²) in [5.41, 5.74) is 2.48. The summed E-state index contributed by atoms with van der Waals surface area (Å²) in [6, 6.07) is 17.1. The number of fused-ring (bicyclic) bond motifs is 1. The van der Waals surface area contributed by atoms with Crippen LogP contribution in [0.5, 0.6) is 0 Å². The molecule has 0 atom stereocenters. The Morgan fingerprint density at radius 2 is 1.77 bits per heavy atom. The lowest BCUT2D eigenvalue weighted by molar-refractivity contribution is 0.0558. The van der Waals surface area contributed by atoms with Gasteiger partial charge in [-0.2, -0.15) is 0 Å². The molecule has 0 aliphatic rings. The number of hydrogen-bond donors (Lipinski definition) is 1. The number of hydrogen-bond acceptors (Lipinski definition) is 2. The number of nitrogens with zero attached hydrogens (tertiary/aromatic N) is 1. The van der Waals surface area contributed by atoms with Crippen molar-refractivity contribution in [3.05, 3.63) is 81.6 Å². The summed E-state index contributed by atoms with van der Waals surface area (Å²) in [7, 11) is 0. The molecule has 0 bridgehead atoms. The number of para-hydroxylation sites is 1. The van der Waals surface area contributed by atoms with E-state index in [1.807, 2.05) is 82.3 Å². The fourth-order valence-electron chi connectivity index (χ4n) is 3.03. The molecule has 1 N–H and O–H groups in total. The predicted octanol–water partition coefficient (Wildman–Crippen LogP) is 4.28. The van der Waals surface area contributed by atoms with Crippen molar-refractivity contribution in [2.24, 2.45) is 0 Å². The van der Waals surface area contributed by atoms with Gasteiger partial charge in [0.2, 0.25) is 0 Å². The number of carbonyl (C=O) groups is 1. The molecule has 134 valence electrons. The normalized spacial score (nSPS) is 11.5. The second-order valence-electron chi connectivity index (χ2n) is 7.64. The number of nitrogens with one attached hydrogen (secondary N) is 1. The van der Waals surface area contributed by atoms with Crippen molar-refractivity contribution < 1.29 is 4.79 Å². The van der Waals surface area contributed by atoms with E-state index in [1.54, 1.807) is 4.90 Å². The summed E-state index contributed by atoms with van der Waals surface area (Å²) in [4.78, 5) is 30.3. The maximum atomic E-state index is 13.1. The average Bonchev–Trinajstić information content (AvgIpc) is 2.58. The molecular formula is C22H24N2O2. The molecule has 0 aliphatic carbocycles. The molecule has 4 heteroatoms. The Kier molecular flexibility index (Phi) is 4.68. The van der Waals surface area contributed by atoms with Gasteiger partial charge in [0.05, 0.1) is 6.54 Å². The predicted molar refractivity (Wildman–Crippen MR) is 105 cm³/mol. The van der Waals surface area contributed by atoms with Crippen LogP contribution in [0.1, 0.15) is 42.3 Å². The van der Waals surface area contributed by atoms with Gasteiger partial charge < -0.3 is 9.88 Å². The van der Waals surface area contributed by atoms with Gasteiger partial charge in [0.1, 0.15) is 0 Å². The lowest BCUT2D eigenvalue weighted by Gasteiger charge is -2.36. The molecule has 0 saturated heterocycles. The van der Waals surface area contributed by atoms with E-state index in [0.29, 0.717) is 11.1 Å². The third kappa shape index (κ3) is 3.69. The van der Waals surface area contributed by atoms with Gasteiger partial charge >= 0.3 is 0 Å². The molecule has 3 rings (SSSR count). The zero-order valence-electron chi connectivity index (χ0n) is 15.7. The van der Waals surface area contributed by atoms with Crippen molar-refractivity contribution in [1.29, 1.82) is 0 Å². The minimum atomic E-state index is -0.418. The summed E-state index contributed by atoms with van der Waals surface area (Å²) in [6.07, 6.45) is 0. The van der Waals surface area contributed by atoms with Crippen molar-refractivity contribution in [2.75, 3.05) is 0 Å². The molecule has 0 aliphatic heterocycles. The smallest absolute Gasteiger partial charge is 0.254 e. The first kappa shape index (κ1) is 17.9. The number of benzene rings is 2. The number of pyridine rings is 1. The van der Waals surface area contributed by atoms with Crippen molar-refractivity contribution in [3.8, 4) is 0 Å². The van der Waals surface area contributed by atoms with Gasteiger partial charge in [0.25, 0.3) is 11.5 Å². The van der Waals surface area contributed by atoms with Crippen molar-refractivity contribution >= 4 is 16.8 Å². The monoisotopic (exact) mass is 348 g/mol. The van der Waals surface area contributed by atoms with Gasteiger partial charge in [-0.05, 0) is 57.3 Å². The molecule has 0 radical (unpaired) electrons. The Hall–Kier alpha value is -2.88. The number of aromatic amines is 1. The van der Waals surface area contributed by atoms with Crippen LogP contribution in [0.3, 0.4) is 0 Å². The van der Waals surface area contributed by atoms with Gasteiger partial charge in [-0.15, -0.1) is 0 Å². The molecule has 2 aromatic carbocycles. The van der Waals surface area contributed by atoms with Gasteiger partial charge in [-0.25, -0.2) is 0 Å². The molecule has 0 unspecified atom stereocenters. The van der Waals surface area contributed by atoms with Crippen molar-refractivity contribution in [3.63, 3.8) is 0 Å². The van der Waals surface area contributed by atoms with Crippen LogP contribution in [0.15, 0.2) is 59.4 Å². The van der Waals surface area contributed by atoms with Crippen LogP contribution in [0.4, 0.5) is 0 Å². The maximum Gasteiger partial charge on any atom is 0.254 e. The van der Waals surface area contributed by atoms with E-state index < -0.39 is 5.54 Å². The van der Waals surface area contributed by atoms with E-state index >= 15 is 0 Å². The Bertz CT molecular complexity index is 1010. The zero-order chi connectivity index (χ0) is 18.9. The highest BCUT2D eigenvalue weighted by molar-refractivity contribution is 5.95. The Balaban J connectivity index is 2.01. The number of carbonyl (C=O) groups excluding carboxylic acids is 1. The van der Waals surface area contributed by atoms with Gasteiger partial charge in [-0.1, -0.05) is 35.9 Å². The minimum Gasteiger partial charge on any atom is -0.329 e. The van der Waals surface area contributed by atoms with Crippen LogP contribution < -0.4 is 5.56 Å². The largest absolute Gasteiger partial charge is 0.329 e. The number of aryl methyl sites for hydroxylation is 1. The molecule has 3 aromatic rings. The van der Waals surface area contributed by atoms with Crippen LogP contribution in [0, 0.1) is 6.92 Å². The summed E-state index contributed by atoms with van der Waals surface area (Å²) in [5.74, 6) is -0.0752. The fourth-order valence-corrected chi connectivity index (χ4v) is 3.03. The van der Waals surface area contributed by atoms with Crippen LogP contribution >= 0.6 is 0 Å². The highest BCUT2D eigenvalue weighted by Gasteiger charge is 2.28. The molecule has 26 heavy (non-hydrogen) atoms. The lowest BCUT2D eigenvalue weighted by atomic mass is 10.0. The molecule has 0 saturated carbocycles. The van der Waals surface area contributed by atoms with Crippen molar-refractivity contribution in [2.45, 2.75) is 39.8 Å². The van der Waals surface area contributed by atoms with Crippen LogP contribution in [-0.2, 0) is 6.54 Å². The minimum absolute atomic E-state index is 0.0752. The second-order valence-corrected chi connectivity index (χ2v) is 7.64. The summed E-state index contributed by atoms with van der Waals surface area (Å²) < 4.78 is 0. The highest BCUT2D eigenvalue weighted by atomic mass is 16.2. The highest BCUT2D eigenvalue weighted by Crippen LogP contribution is 2.21. The van der Waals surface area contributed by atoms with E-state index in [0.717, 1.165) is 16.5 Å². The van der Waals surface area contributed by atoms with Crippen LogP contribution in [-0.4, -0.2) is 21.3 Å². The topological polar surface area (TPSA) is 53.2 Å². The van der Waals surface area contributed by atoms with E-state index in [9.17, 15) is 9.59 Å². The first-order chi connectivity index (χ1) is 12.3. The molecular weight excluding hydrogens is 324 g/mol. The van der Waals surface area contributed by atoms with E-state index in [1.165, 1.54) is 0 Å². The van der Waals surface area contributed by atoms with E-state index in [-0.39, 0.29) is 18.0 Å². The molecule has 1 aromatic heterocycles. The van der Waals surface area contributed by atoms with E-state index in [4.69, 9.17) is 0 Å². The van der Waals surface area contributed by atoms with Gasteiger partial charge in [-0.3, -0.25) is 9.59 Å². The fraction of sp³-hybridized carbons (Fsp3) is 0.273. The number of amides is 1. The third-order valence-corrected chi connectivity index (χ3v) is 4.48. The first-order valence-corrected chi connectivity index (χ1v) is 8.75. The van der Waals surface area contributed by atoms with Crippen molar-refractivity contribution in [1.82, 2.24) is 9.88 Å². The Morgan fingerprint density at radius 1 is 1.04 bits per heavy atom. The SMILES string of the molecule is Cc1cccc(C(=O)N(Cc2cc3ccccc3[nH]c2=O)C(C)(C)C)c1. The molecule has 1 heterocycles. The average molecular weight is 348 g/mol. The van der Waals surface area contributed by atoms with Gasteiger partial charge in [0, 0.05) is 22.2 Å². The van der Waals surface area contributed by atoms with Gasteiger partial charge in [0.15, 0.2) is 0 Å². The zero-order valence-corrected chi connectivity index (χ0v) is 15.7. The summed E-state index contributed by atoms with van der Waals surface area (Å²) >= 11 is 0. The molecule has 0 spiro atoms. The standard InChI is InChI=1S/C22H24N2O2/c1-15-8-7-10-17(12-15)21(26)24(22(2,3)4)14-18-13-16-9-5-6-11-19(16)23-20(18)25/h5-13H,14H2,1-4H3,(H,23,25). The summed E-state index contributed by atoms with van der Waals surface area (Å²) in [5, 5.41) is 0.957. The number of aromatic nitrogens is 1. The first-order valence-electron chi connectivity index (χ1n) is 8.75. The maximum absolute atomic E-state index is 13.1. The molecule has 0 fully saturated rings. The number of rotatable bonds is 3. The molecule has 4 nitrogen and oxygen atoms in total. The third-order valence-electron chi connectivity index (χ3n) is 4.48. The lowest BCUT2D eigenvalue weighted by Crippen LogP contribution is -2.46. The molecule has 1 amide bonds. The Morgan fingerprint density at radius 3 is 2.46 bits per heavy atom. The van der Waals surface area contributed by atoms with Crippen LogP contribution in [0.2, 0.25) is 0 Å². The summed E-state index contributed by atoms with van der Waals surface area (Å²) in [6.45, 7) is 8.17. The second kappa shape index (κ2) is 6.79. The quantitative estimate of drug-likeness (QED) is 0.768.